The van der Waals surface area contributed by atoms with E-state index < -0.39 is 11.6 Å². The van der Waals surface area contributed by atoms with Gasteiger partial charge in [0.1, 0.15) is 18.2 Å². The van der Waals surface area contributed by atoms with Gasteiger partial charge in [0, 0.05) is 45.0 Å². The molecule has 2 aromatic rings. The molecule has 2 rings (SSSR count). The number of anilines is 1. The number of aliphatic imine (C=N–C) groups is 1. The Labute approximate surface area is 163 Å². The summed E-state index contributed by atoms with van der Waals surface area (Å²) in [5, 5.41) is 6.20. The lowest BCUT2D eigenvalue weighted by atomic mass is 10.3. The minimum atomic E-state index is -0.732. The van der Waals surface area contributed by atoms with Gasteiger partial charge in [-0.3, -0.25) is 4.99 Å². The van der Waals surface area contributed by atoms with Gasteiger partial charge in [-0.05, 0) is 24.3 Å². The molecule has 2 N–H and O–H groups in total. The Morgan fingerprint density at radius 3 is 2.64 bits per heavy atom. The third kappa shape index (κ3) is 7.40. The quantitative estimate of drug-likeness (QED) is 0.368. The standard InChI is InChI=1S/C20H25F2N3O3/c1-23-20(24-9-12-28-19-8-7-15(21)13-18(19)22)25-16-5-3-6-17(14-16)27-11-4-10-26-2/h3,5-8,13-14H,4,9-12H2,1-2H3,(H2,23,24,25). The number of hydrogen-bond acceptors (Lipinski definition) is 4. The summed E-state index contributed by atoms with van der Waals surface area (Å²) in [7, 11) is 3.30. The highest BCUT2D eigenvalue weighted by atomic mass is 19.1. The molecule has 0 aromatic heterocycles. The highest BCUT2D eigenvalue weighted by molar-refractivity contribution is 5.93. The van der Waals surface area contributed by atoms with Crippen molar-refractivity contribution in [2.45, 2.75) is 6.42 Å². The van der Waals surface area contributed by atoms with Crippen molar-refractivity contribution in [3.8, 4) is 11.5 Å². The van der Waals surface area contributed by atoms with Crippen molar-refractivity contribution in [1.29, 1.82) is 0 Å². The molecule has 0 aliphatic heterocycles. The Kier molecular flexibility index (Phi) is 9.00. The second-order valence-electron chi connectivity index (χ2n) is 5.77. The molecule has 0 atom stereocenters. The molecule has 0 heterocycles. The molecule has 0 saturated heterocycles. The van der Waals surface area contributed by atoms with Crippen LogP contribution in [0, 0.1) is 11.6 Å². The number of halogens is 2. The minimum absolute atomic E-state index is 0.00414. The Morgan fingerprint density at radius 1 is 1.04 bits per heavy atom. The Morgan fingerprint density at radius 2 is 1.89 bits per heavy atom. The molecule has 0 aliphatic carbocycles. The van der Waals surface area contributed by atoms with Crippen molar-refractivity contribution in [2.75, 3.05) is 45.8 Å². The molecule has 2 aromatic carbocycles. The minimum Gasteiger partial charge on any atom is -0.493 e. The van der Waals surface area contributed by atoms with Crippen LogP contribution in [0.25, 0.3) is 0 Å². The Balaban J connectivity index is 1.77. The average Bonchev–Trinajstić information content (AvgIpc) is 2.69. The normalized spacial score (nSPS) is 11.2. The molecule has 0 spiro atoms. The van der Waals surface area contributed by atoms with E-state index in [9.17, 15) is 8.78 Å². The van der Waals surface area contributed by atoms with Crippen LogP contribution in [0.4, 0.5) is 14.5 Å². The largest absolute Gasteiger partial charge is 0.493 e. The first-order chi connectivity index (χ1) is 13.6. The number of ether oxygens (including phenoxy) is 3. The van der Waals surface area contributed by atoms with E-state index in [0.29, 0.717) is 25.7 Å². The van der Waals surface area contributed by atoms with Crippen LogP contribution >= 0.6 is 0 Å². The monoisotopic (exact) mass is 393 g/mol. The van der Waals surface area contributed by atoms with E-state index in [-0.39, 0.29) is 12.4 Å². The van der Waals surface area contributed by atoms with Gasteiger partial charge in [0.2, 0.25) is 0 Å². The summed E-state index contributed by atoms with van der Waals surface area (Å²) in [4.78, 5) is 4.13. The van der Waals surface area contributed by atoms with E-state index in [1.165, 1.54) is 6.07 Å². The summed E-state index contributed by atoms with van der Waals surface area (Å²) in [5.74, 6) is -0.0989. The lowest BCUT2D eigenvalue weighted by molar-refractivity contribution is 0.172. The van der Waals surface area contributed by atoms with E-state index in [1.54, 1.807) is 14.2 Å². The van der Waals surface area contributed by atoms with E-state index in [2.05, 4.69) is 15.6 Å². The molecule has 0 radical (unpaired) electrons. The maximum absolute atomic E-state index is 13.5. The van der Waals surface area contributed by atoms with Crippen molar-refractivity contribution >= 4 is 11.6 Å². The topological polar surface area (TPSA) is 64.1 Å². The molecule has 6 nitrogen and oxygen atoms in total. The van der Waals surface area contributed by atoms with Gasteiger partial charge in [-0.2, -0.15) is 0 Å². The lowest BCUT2D eigenvalue weighted by Gasteiger charge is -2.14. The zero-order valence-electron chi connectivity index (χ0n) is 16.0. The molecule has 0 amide bonds. The van der Waals surface area contributed by atoms with Crippen molar-refractivity contribution < 1.29 is 23.0 Å². The van der Waals surface area contributed by atoms with Crippen LogP contribution in [-0.4, -0.2) is 46.5 Å². The van der Waals surface area contributed by atoms with Crippen LogP contribution in [-0.2, 0) is 4.74 Å². The van der Waals surface area contributed by atoms with Gasteiger partial charge in [-0.15, -0.1) is 0 Å². The predicted octanol–water partition coefficient (Wildman–Crippen LogP) is 3.45. The van der Waals surface area contributed by atoms with E-state index in [0.717, 1.165) is 30.0 Å². The summed E-state index contributed by atoms with van der Waals surface area (Å²) in [5.41, 5.74) is 0.808. The summed E-state index contributed by atoms with van der Waals surface area (Å²) in [6, 6.07) is 10.7. The maximum Gasteiger partial charge on any atom is 0.195 e. The van der Waals surface area contributed by atoms with E-state index in [4.69, 9.17) is 14.2 Å². The number of hydrogen-bond donors (Lipinski definition) is 2. The fraction of sp³-hybridized carbons (Fsp3) is 0.350. The summed E-state index contributed by atoms with van der Waals surface area (Å²) in [6.45, 7) is 1.79. The Hall–Kier alpha value is -2.87. The molecule has 8 heteroatoms. The molecule has 0 fully saturated rings. The molecule has 0 bridgehead atoms. The third-order valence-corrected chi connectivity index (χ3v) is 3.63. The fourth-order valence-electron chi connectivity index (χ4n) is 2.30. The first-order valence-electron chi connectivity index (χ1n) is 8.89. The number of benzene rings is 2. The van der Waals surface area contributed by atoms with Crippen molar-refractivity contribution in [3.63, 3.8) is 0 Å². The smallest absolute Gasteiger partial charge is 0.195 e. The molecule has 152 valence electrons. The SMILES string of the molecule is CN=C(NCCOc1ccc(F)cc1F)Nc1cccc(OCCCOC)c1. The van der Waals surface area contributed by atoms with Crippen LogP contribution in [0.1, 0.15) is 6.42 Å². The van der Waals surface area contributed by atoms with E-state index in [1.807, 2.05) is 24.3 Å². The summed E-state index contributed by atoms with van der Waals surface area (Å²) >= 11 is 0. The van der Waals surface area contributed by atoms with Gasteiger partial charge in [-0.25, -0.2) is 8.78 Å². The molecule has 0 aliphatic rings. The molecular weight excluding hydrogens is 368 g/mol. The maximum atomic E-state index is 13.5. The summed E-state index contributed by atoms with van der Waals surface area (Å²) in [6.07, 6.45) is 0.812. The van der Waals surface area contributed by atoms with Crippen molar-refractivity contribution in [3.05, 3.63) is 54.1 Å². The lowest BCUT2D eigenvalue weighted by Crippen LogP contribution is -2.33. The average molecular weight is 393 g/mol. The second kappa shape index (κ2) is 11.8. The number of nitrogens with one attached hydrogen (secondary N) is 2. The number of guanidine groups is 1. The number of rotatable bonds is 10. The second-order valence-corrected chi connectivity index (χ2v) is 5.77. The first kappa shape index (κ1) is 21.4. The van der Waals surface area contributed by atoms with Gasteiger partial charge in [0.05, 0.1) is 13.2 Å². The summed E-state index contributed by atoms with van der Waals surface area (Å²) < 4.78 is 42.4. The number of methoxy groups -OCH3 is 1. The van der Waals surface area contributed by atoms with Gasteiger partial charge in [0.15, 0.2) is 17.5 Å². The van der Waals surface area contributed by atoms with Crippen LogP contribution < -0.4 is 20.1 Å². The highest BCUT2D eigenvalue weighted by Gasteiger charge is 2.05. The molecule has 0 saturated carbocycles. The van der Waals surface area contributed by atoms with Crippen LogP contribution in [0.3, 0.4) is 0 Å². The highest BCUT2D eigenvalue weighted by Crippen LogP contribution is 2.18. The van der Waals surface area contributed by atoms with E-state index >= 15 is 0 Å². The van der Waals surface area contributed by atoms with Gasteiger partial charge < -0.3 is 24.8 Å². The van der Waals surface area contributed by atoms with Crippen LogP contribution in [0.2, 0.25) is 0 Å². The molecule has 0 unspecified atom stereocenters. The first-order valence-corrected chi connectivity index (χ1v) is 8.89. The van der Waals surface area contributed by atoms with Gasteiger partial charge in [0.25, 0.3) is 0 Å². The Bertz CT molecular complexity index is 772. The zero-order chi connectivity index (χ0) is 20.2. The van der Waals surface area contributed by atoms with Crippen molar-refractivity contribution in [1.82, 2.24) is 5.32 Å². The predicted molar refractivity (Wildman–Crippen MR) is 105 cm³/mol. The van der Waals surface area contributed by atoms with Crippen molar-refractivity contribution in [2.24, 2.45) is 4.99 Å². The number of nitrogens with zero attached hydrogens (tertiary/aromatic N) is 1. The third-order valence-electron chi connectivity index (χ3n) is 3.63. The fourth-order valence-corrected chi connectivity index (χ4v) is 2.30. The van der Waals surface area contributed by atoms with Gasteiger partial charge in [-0.1, -0.05) is 6.07 Å². The zero-order valence-corrected chi connectivity index (χ0v) is 16.0. The molecule has 28 heavy (non-hydrogen) atoms. The van der Waals surface area contributed by atoms with Crippen LogP contribution in [0.15, 0.2) is 47.5 Å². The van der Waals surface area contributed by atoms with Gasteiger partial charge >= 0.3 is 0 Å². The molecular formula is C20H25F2N3O3. The van der Waals surface area contributed by atoms with Crippen LogP contribution in [0.5, 0.6) is 11.5 Å².